The van der Waals surface area contributed by atoms with Gasteiger partial charge in [0.2, 0.25) is 0 Å². The van der Waals surface area contributed by atoms with E-state index in [1.54, 1.807) is 6.07 Å². The zero-order valence-corrected chi connectivity index (χ0v) is 21.1. The third kappa shape index (κ3) is 5.05. The molecule has 1 aliphatic heterocycles. The minimum atomic E-state index is -4.13. The van der Waals surface area contributed by atoms with Crippen LogP contribution in [0.25, 0.3) is 0 Å². The largest absolute Gasteiger partial charge is 0.381 e. The van der Waals surface area contributed by atoms with Crippen LogP contribution in [0.2, 0.25) is 0 Å². The molecule has 1 aliphatic carbocycles. The Morgan fingerprint density at radius 3 is 2.83 bits per heavy atom. The molecule has 2 heterocycles. The van der Waals surface area contributed by atoms with Gasteiger partial charge in [0.15, 0.2) is 5.82 Å². The maximum Gasteiger partial charge on any atom is 0.266 e. The maximum atomic E-state index is 15.1. The lowest BCUT2D eigenvalue weighted by atomic mass is 9.90. The number of likely N-dealkylation sites (tertiary alicyclic amines) is 1. The summed E-state index contributed by atoms with van der Waals surface area (Å²) in [6.07, 6.45) is 4.97. The molecular formula is C25H28F2N4O2S2. The molecule has 1 aromatic heterocycles. The Morgan fingerprint density at radius 2 is 2.06 bits per heavy atom. The highest BCUT2D eigenvalue weighted by atomic mass is 32.2. The van der Waals surface area contributed by atoms with Crippen LogP contribution in [-0.4, -0.2) is 30.9 Å². The van der Waals surface area contributed by atoms with Crippen molar-refractivity contribution >= 4 is 32.9 Å². The third-order valence-corrected chi connectivity index (χ3v) is 9.08. The summed E-state index contributed by atoms with van der Waals surface area (Å²) in [6, 6.07) is 8.42. The van der Waals surface area contributed by atoms with E-state index in [-0.39, 0.29) is 23.7 Å². The first-order valence-corrected chi connectivity index (χ1v) is 14.2. The summed E-state index contributed by atoms with van der Waals surface area (Å²) >= 11 is 1.23. The molecule has 0 amide bonds. The van der Waals surface area contributed by atoms with E-state index < -0.39 is 20.7 Å². The number of aromatic nitrogens is 1. The van der Waals surface area contributed by atoms with Crippen molar-refractivity contribution in [2.24, 2.45) is 5.92 Å². The van der Waals surface area contributed by atoms with Crippen molar-refractivity contribution in [3.8, 4) is 0 Å². The minimum absolute atomic E-state index is 0.142. The van der Waals surface area contributed by atoms with Gasteiger partial charge in [-0.15, -0.1) is 11.3 Å². The lowest BCUT2D eigenvalue weighted by Crippen LogP contribution is -2.29. The smallest absolute Gasteiger partial charge is 0.266 e. The van der Waals surface area contributed by atoms with Crippen molar-refractivity contribution in [2.45, 2.75) is 56.6 Å². The molecule has 2 aliphatic rings. The first-order chi connectivity index (χ1) is 16.8. The maximum absolute atomic E-state index is 15.1. The molecule has 186 valence electrons. The average molecular weight is 519 g/mol. The topological polar surface area (TPSA) is 74.3 Å². The third-order valence-electron chi connectivity index (χ3n) is 7.12. The SMILES string of the molecule is Cc1c(NCc2c(F)cccc2CN2CC3CCCC2C3)ccc(S(=O)(=O)Nc2cscn2)c1F. The van der Waals surface area contributed by atoms with Gasteiger partial charge in [0.1, 0.15) is 16.5 Å². The fourth-order valence-electron chi connectivity index (χ4n) is 5.30. The second kappa shape index (κ2) is 9.83. The highest BCUT2D eigenvalue weighted by Gasteiger charge is 2.35. The van der Waals surface area contributed by atoms with Crippen molar-refractivity contribution < 1.29 is 17.2 Å². The second-order valence-corrected chi connectivity index (χ2v) is 11.7. The van der Waals surface area contributed by atoms with Crippen LogP contribution in [0, 0.1) is 24.5 Å². The minimum Gasteiger partial charge on any atom is -0.381 e. The van der Waals surface area contributed by atoms with Crippen LogP contribution in [-0.2, 0) is 23.1 Å². The lowest BCUT2D eigenvalue weighted by Gasteiger charge is -2.25. The standard InChI is InChI=1S/C25H28F2N4O2S2/c1-16-22(8-9-23(25(16)27)35(32,33)30-24-14-34-15-29-24)28-11-20-18(5-3-7-21(20)26)13-31-12-17-4-2-6-19(31)10-17/h3,5,7-9,14-15,17,19,28,30H,2,4,6,10-13H2,1H3. The number of hydrogen-bond acceptors (Lipinski definition) is 6. The van der Waals surface area contributed by atoms with Crippen LogP contribution in [0.15, 0.2) is 46.1 Å². The number of anilines is 2. The zero-order valence-electron chi connectivity index (χ0n) is 19.4. The first-order valence-electron chi connectivity index (χ1n) is 11.8. The van der Waals surface area contributed by atoms with Crippen molar-refractivity contribution in [1.82, 2.24) is 9.88 Å². The van der Waals surface area contributed by atoms with E-state index >= 15 is 4.39 Å². The van der Waals surface area contributed by atoms with Crippen molar-refractivity contribution in [1.29, 1.82) is 0 Å². The molecule has 3 aromatic rings. The Morgan fingerprint density at radius 1 is 1.20 bits per heavy atom. The summed E-state index contributed by atoms with van der Waals surface area (Å²) < 4.78 is 57.5. The molecule has 0 radical (unpaired) electrons. The van der Waals surface area contributed by atoms with Gasteiger partial charge in [-0.3, -0.25) is 9.62 Å². The van der Waals surface area contributed by atoms with Gasteiger partial charge in [-0.25, -0.2) is 22.2 Å². The van der Waals surface area contributed by atoms with E-state index in [4.69, 9.17) is 0 Å². The van der Waals surface area contributed by atoms with Crippen molar-refractivity contribution in [2.75, 3.05) is 16.6 Å². The first kappa shape index (κ1) is 24.1. The Labute approximate surface area is 208 Å². The average Bonchev–Trinajstić information content (AvgIpc) is 3.42. The van der Waals surface area contributed by atoms with E-state index in [9.17, 15) is 12.8 Å². The molecule has 2 atom stereocenters. The van der Waals surface area contributed by atoms with Gasteiger partial charge < -0.3 is 5.32 Å². The highest BCUT2D eigenvalue weighted by molar-refractivity contribution is 7.92. The molecule has 1 saturated heterocycles. The normalized spacial score (nSPS) is 20.2. The van der Waals surface area contributed by atoms with Crippen LogP contribution < -0.4 is 10.0 Å². The Hall–Kier alpha value is -2.56. The zero-order chi connectivity index (χ0) is 24.6. The summed E-state index contributed by atoms with van der Waals surface area (Å²) in [5.74, 6) is -0.268. The lowest BCUT2D eigenvalue weighted by molar-refractivity contribution is 0.236. The van der Waals surface area contributed by atoms with Crippen LogP contribution in [0.3, 0.4) is 0 Å². The molecule has 2 N–H and O–H groups in total. The van der Waals surface area contributed by atoms with E-state index in [1.807, 2.05) is 6.07 Å². The molecule has 2 unspecified atom stereocenters. The molecule has 5 rings (SSSR count). The molecule has 0 spiro atoms. The van der Waals surface area contributed by atoms with Crippen LogP contribution in [0.1, 0.15) is 42.4 Å². The Balaban J connectivity index is 1.33. The fraction of sp³-hybridized carbons (Fsp3) is 0.400. The molecule has 6 nitrogen and oxygen atoms in total. The molecule has 10 heteroatoms. The molecule has 2 bridgehead atoms. The van der Waals surface area contributed by atoms with Crippen LogP contribution >= 0.6 is 11.3 Å². The van der Waals surface area contributed by atoms with Crippen molar-refractivity contribution in [3.63, 3.8) is 0 Å². The second-order valence-electron chi connectivity index (χ2n) is 9.38. The summed E-state index contributed by atoms with van der Waals surface area (Å²) in [5, 5.41) is 4.65. The number of nitrogens with one attached hydrogen (secondary N) is 2. The summed E-state index contributed by atoms with van der Waals surface area (Å²) in [6.45, 7) is 3.44. The molecule has 1 saturated carbocycles. The van der Waals surface area contributed by atoms with Gasteiger partial charge in [0.25, 0.3) is 10.0 Å². The summed E-state index contributed by atoms with van der Waals surface area (Å²) in [7, 11) is -4.13. The monoisotopic (exact) mass is 518 g/mol. The van der Waals surface area contributed by atoms with Crippen LogP contribution in [0.5, 0.6) is 0 Å². The van der Waals surface area contributed by atoms with Gasteiger partial charge in [0.05, 0.1) is 5.51 Å². The number of sulfonamides is 1. The van der Waals surface area contributed by atoms with Gasteiger partial charge >= 0.3 is 0 Å². The predicted octanol–water partition coefficient (Wildman–Crippen LogP) is 5.52. The molecule has 2 aromatic carbocycles. The number of thiazole rings is 1. The number of nitrogens with zero attached hydrogens (tertiary/aromatic N) is 2. The summed E-state index contributed by atoms with van der Waals surface area (Å²) in [5.41, 5.74) is 3.53. The van der Waals surface area contributed by atoms with E-state index in [1.165, 1.54) is 73.0 Å². The number of hydrogen-bond donors (Lipinski definition) is 2. The van der Waals surface area contributed by atoms with Crippen molar-refractivity contribution in [3.05, 3.63) is 69.5 Å². The summed E-state index contributed by atoms with van der Waals surface area (Å²) in [4.78, 5) is 5.89. The van der Waals surface area contributed by atoms with Gasteiger partial charge in [-0.05, 0) is 55.9 Å². The number of benzene rings is 2. The Kier molecular flexibility index (Phi) is 6.78. The number of halogens is 2. The predicted molar refractivity (Wildman–Crippen MR) is 134 cm³/mol. The van der Waals surface area contributed by atoms with E-state index in [0.29, 0.717) is 23.8 Å². The quantitative estimate of drug-likeness (QED) is 0.411. The Bertz CT molecular complexity index is 1320. The number of rotatable bonds is 8. The highest BCUT2D eigenvalue weighted by Crippen LogP contribution is 2.36. The van der Waals surface area contributed by atoms with Crippen LogP contribution in [0.4, 0.5) is 20.3 Å². The number of fused-ring (bicyclic) bond motifs is 2. The molecular weight excluding hydrogens is 490 g/mol. The van der Waals surface area contributed by atoms with Gasteiger partial charge in [-0.1, -0.05) is 18.6 Å². The van der Waals surface area contributed by atoms with E-state index in [0.717, 1.165) is 18.0 Å². The van der Waals surface area contributed by atoms with E-state index in [2.05, 4.69) is 19.9 Å². The fourth-order valence-corrected chi connectivity index (χ4v) is 6.99. The van der Waals surface area contributed by atoms with Gasteiger partial charge in [-0.2, -0.15) is 0 Å². The molecule has 35 heavy (non-hydrogen) atoms. The molecule has 2 fully saturated rings. The van der Waals surface area contributed by atoms with Gasteiger partial charge in [0, 0.05) is 47.9 Å².